The van der Waals surface area contributed by atoms with Crippen molar-refractivity contribution in [3.63, 3.8) is 0 Å². The summed E-state index contributed by atoms with van der Waals surface area (Å²) in [5, 5.41) is 15.4. The van der Waals surface area contributed by atoms with Gasteiger partial charge in [0.2, 0.25) is 0 Å². The third kappa shape index (κ3) is 2.38. The number of nitrogens with zero attached hydrogens (tertiary/aromatic N) is 3. The predicted octanol–water partition coefficient (Wildman–Crippen LogP) is 0.928. The van der Waals surface area contributed by atoms with Crippen LogP contribution in [0.5, 0.6) is 0 Å². The number of benzene rings is 1. The lowest BCUT2D eigenvalue weighted by Crippen LogP contribution is -2.52. The van der Waals surface area contributed by atoms with E-state index in [4.69, 9.17) is 0 Å². The average Bonchev–Trinajstić information content (AvgIpc) is 3.13. The summed E-state index contributed by atoms with van der Waals surface area (Å²) in [6.07, 6.45) is 1.44. The molecule has 2 aromatic rings. The number of amides is 2. The Morgan fingerprint density at radius 1 is 1.30 bits per heavy atom. The zero-order valence-electron chi connectivity index (χ0n) is 12.9. The van der Waals surface area contributed by atoms with Gasteiger partial charge >= 0.3 is 6.03 Å². The molecule has 7 nitrogen and oxygen atoms in total. The number of urea groups is 1. The molecule has 7 heteroatoms. The van der Waals surface area contributed by atoms with Crippen LogP contribution < -0.4 is 15.5 Å². The van der Waals surface area contributed by atoms with Crippen LogP contribution in [-0.2, 0) is 20.1 Å². The summed E-state index contributed by atoms with van der Waals surface area (Å²) >= 11 is 0. The van der Waals surface area contributed by atoms with E-state index in [1.165, 1.54) is 11.1 Å². The van der Waals surface area contributed by atoms with Gasteiger partial charge in [-0.25, -0.2) is 9.78 Å². The summed E-state index contributed by atoms with van der Waals surface area (Å²) in [6, 6.07) is 6.05. The van der Waals surface area contributed by atoms with Gasteiger partial charge in [-0.3, -0.25) is 4.90 Å². The molecule has 0 aliphatic carbocycles. The molecule has 1 fully saturated rings. The fraction of sp³-hybridized carbons (Fsp3) is 0.375. The number of imidazole rings is 1. The smallest absolute Gasteiger partial charge is 0.325 e. The molecule has 1 atom stereocenters. The van der Waals surface area contributed by atoms with E-state index in [0.29, 0.717) is 13.0 Å². The summed E-state index contributed by atoms with van der Waals surface area (Å²) in [6.45, 7) is 2.27. The molecule has 1 aromatic carbocycles. The first kappa shape index (κ1) is 14.2. The van der Waals surface area contributed by atoms with Crippen LogP contribution in [0.2, 0.25) is 0 Å². The maximum Gasteiger partial charge on any atom is 0.325 e. The van der Waals surface area contributed by atoms with E-state index < -0.39 is 6.23 Å². The summed E-state index contributed by atoms with van der Waals surface area (Å²) in [5.41, 5.74) is 3.66. The molecule has 0 bridgehead atoms. The van der Waals surface area contributed by atoms with Crippen LogP contribution in [0.4, 0.5) is 10.6 Å². The number of anilines is 1. The van der Waals surface area contributed by atoms with Gasteiger partial charge < -0.3 is 20.3 Å². The number of carbonyl (C=O) groups excluding carboxylic acids is 1. The summed E-state index contributed by atoms with van der Waals surface area (Å²) in [5.74, 6) is 1.55. The quantitative estimate of drug-likeness (QED) is 0.770. The van der Waals surface area contributed by atoms with Crippen LogP contribution in [0.15, 0.2) is 24.4 Å². The molecular weight excluding hydrogens is 294 g/mol. The molecule has 1 aromatic heterocycles. The van der Waals surface area contributed by atoms with E-state index in [1.807, 2.05) is 11.6 Å². The van der Waals surface area contributed by atoms with Crippen LogP contribution in [0, 0.1) is 0 Å². The highest BCUT2D eigenvalue weighted by atomic mass is 16.3. The van der Waals surface area contributed by atoms with Gasteiger partial charge in [0, 0.05) is 38.7 Å². The van der Waals surface area contributed by atoms with E-state index in [9.17, 15) is 9.90 Å². The molecule has 0 spiro atoms. The Morgan fingerprint density at radius 2 is 2.13 bits per heavy atom. The number of hydrogen-bond acceptors (Lipinski definition) is 4. The topological polar surface area (TPSA) is 82.4 Å². The second-order valence-corrected chi connectivity index (χ2v) is 5.99. The van der Waals surface area contributed by atoms with Crippen molar-refractivity contribution in [2.24, 2.45) is 7.05 Å². The number of aromatic nitrogens is 2. The lowest BCUT2D eigenvalue weighted by atomic mass is 10.1. The van der Waals surface area contributed by atoms with Gasteiger partial charge in [-0.2, -0.15) is 0 Å². The minimum Gasteiger partial charge on any atom is -0.374 e. The molecule has 3 heterocycles. The number of aliphatic hydroxyl groups is 1. The van der Waals surface area contributed by atoms with Crippen LogP contribution in [0.1, 0.15) is 17.5 Å². The highest BCUT2D eigenvalue weighted by molar-refractivity contribution is 5.92. The number of hydrogen-bond donors (Lipinski definition) is 3. The first-order valence-electron chi connectivity index (χ1n) is 7.74. The Labute approximate surface area is 133 Å². The predicted molar refractivity (Wildman–Crippen MR) is 85.7 cm³/mol. The van der Waals surface area contributed by atoms with Gasteiger partial charge in [-0.15, -0.1) is 0 Å². The minimum absolute atomic E-state index is 0.295. The van der Waals surface area contributed by atoms with E-state index in [2.05, 4.69) is 33.8 Å². The number of fused-ring (bicyclic) bond motifs is 1. The second-order valence-electron chi connectivity index (χ2n) is 5.99. The zero-order chi connectivity index (χ0) is 16.0. The number of carbonyl (C=O) groups is 1. The molecule has 23 heavy (non-hydrogen) atoms. The molecule has 2 aliphatic heterocycles. The summed E-state index contributed by atoms with van der Waals surface area (Å²) in [7, 11) is 1.90. The fourth-order valence-electron chi connectivity index (χ4n) is 3.22. The molecule has 1 saturated heterocycles. The first-order chi connectivity index (χ1) is 11.1. The summed E-state index contributed by atoms with van der Waals surface area (Å²) in [4.78, 5) is 18.2. The number of nitrogens with one attached hydrogen (secondary N) is 2. The van der Waals surface area contributed by atoms with Crippen LogP contribution >= 0.6 is 0 Å². The summed E-state index contributed by atoms with van der Waals surface area (Å²) < 4.78 is 1.92. The lowest BCUT2D eigenvalue weighted by molar-refractivity contribution is 0.125. The Hall–Kier alpha value is -2.38. The lowest BCUT2D eigenvalue weighted by Gasteiger charge is -2.30. The van der Waals surface area contributed by atoms with Crippen molar-refractivity contribution in [1.82, 2.24) is 20.2 Å². The maximum absolute atomic E-state index is 12.1. The zero-order valence-corrected chi connectivity index (χ0v) is 12.9. The molecule has 0 saturated carbocycles. The highest BCUT2D eigenvalue weighted by Crippen LogP contribution is 2.27. The van der Waals surface area contributed by atoms with E-state index in [0.717, 1.165) is 30.3 Å². The molecular formula is C16H19N5O2. The maximum atomic E-state index is 12.1. The average molecular weight is 313 g/mol. The van der Waals surface area contributed by atoms with Gasteiger partial charge in [0.05, 0.1) is 6.20 Å². The van der Waals surface area contributed by atoms with Gasteiger partial charge in [0.1, 0.15) is 17.9 Å². The standard InChI is InChI=1S/C16H19N5O2/c1-20-14(21-5-4-13(22)19-16(21)23)9-18-15(20)10-2-3-11-7-17-8-12(11)6-10/h2-3,6,9,13,17,22H,4-5,7-8H2,1H3,(H,19,23). The van der Waals surface area contributed by atoms with E-state index >= 15 is 0 Å². The van der Waals surface area contributed by atoms with E-state index in [-0.39, 0.29) is 6.03 Å². The van der Waals surface area contributed by atoms with Gasteiger partial charge in [0.25, 0.3) is 0 Å². The van der Waals surface area contributed by atoms with Gasteiger partial charge in [0.15, 0.2) is 0 Å². The number of rotatable bonds is 2. The SMILES string of the molecule is Cn1c(N2CCC(O)NC2=O)cnc1-c1ccc2c(c1)CNC2. The third-order valence-corrected chi connectivity index (χ3v) is 4.50. The number of aliphatic hydroxyl groups excluding tert-OH is 1. The molecule has 2 amide bonds. The Balaban J connectivity index is 1.67. The molecule has 1 unspecified atom stereocenters. The van der Waals surface area contributed by atoms with Crippen LogP contribution in [-0.4, -0.2) is 33.5 Å². The third-order valence-electron chi connectivity index (χ3n) is 4.50. The Kier molecular flexibility index (Phi) is 3.32. The minimum atomic E-state index is -0.768. The first-order valence-corrected chi connectivity index (χ1v) is 7.74. The van der Waals surface area contributed by atoms with Crippen molar-refractivity contribution in [2.75, 3.05) is 11.4 Å². The molecule has 2 aliphatic rings. The molecule has 0 radical (unpaired) electrons. The van der Waals surface area contributed by atoms with E-state index in [1.54, 1.807) is 11.1 Å². The van der Waals surface area contributed by atoms with Crippen LogP contribution in [0.3, 0.4) is 0 Å². The fourth-order valence-corrected chi connectivity index (χ4v) is 3.22. The monoisotopic (exact) mass is 313 g/mol. The van der Waals surface area contributed by atoms with Crippen molar-refractivity contribution < 1.29 is 9.90 Å². The Morgan fingerprint density at radius 3 is 2.96 bits per heavy atom. The second kappa shape index (κ2) is 5.36. The van der Waals surface area contributed by atoms with Crippen molar-refractivity contribution in [3.8, 4) is 11.4 Å². The molecule has 120 valence electrons. The van der Waals surface area contributed by atoms with Gasteiger partial charge in [-0.1, -0.05) is 12.1 Å². The molecule has 4 rings (SSSR count). The highest BCUT2D eigenvalue weighted by Gasteiger charge is 2.27. The van der Waals surface area contributed by atoms with Crippen molar-refractivity contribution in [3.05, 3.63) is 35.5 Å². The van der Waals surface area contributed by atoms with Gasteiger partial charge in [-0.05, 0) is 17.2 Å². The van der Waals surface area contributed by atoms with Crippen molar-refractivity contribution in [2.45, 2.75) is 25.7 Å². The Bertz CT molecular complexity index is 770. The van der Waals surface area contributed by atoms with Crippen LogP contribution in [0.25, 0.3) is 11.4 Å². The molecule has 3 N–H and O–H groups in total. The van der Waals surface area contributed by atoms with Crippen molar-refractivity contribution in [1.29, 1.82) is 0 Å². The normalized spacial score (nSPS) is 20.5. The largest absolute Gasteiger partial charge is 0.374 e. The van der Waals surface area contributed by atoms with Crippen molar-refractivity contribution >= 4 is 11.8 Å².